The van der Waals surface area contributed by atoms with E-state index in [1.807, 2.05) is 0 Å². The molecule has 2 N–H and O–H groups in total. The summed E-state index contributed by atoms with van der Waals surface area (Å²) in [6, 6.07) is 13.1. The molecule has 0 saturated heterocycles. The Morgan fingerprint density at radius 3 is 2.39 bits per heavy atom. The fourth-order valence-electron chi connectivity index (χ4n) is 3.23. The third-order valence-corrected chi connectivity index (χ3v) is 4.75. The van der Waals surface area contributed by atoms with Gasteiger partial charge in [-0.2, -0.15) is 13.2 Å². The minimum atomic E-state index is -4.62. The first-order valence-corrected chi connectivity index (χ1v) is 9.47. The molecule has 0 bridgehead atoms. The molecule has 0 unspecified atom stereocenters. The van der Waals surface area contributed by atoms with Crippen LogP contribution in [0.1, 0.15) is 26.3 Å². The van der Waals surface area contributed by atoms with Gasteiger partial charge in [-0.3, -0.25) is 15.1 Å². The number of nitrogens with zero attached hydrogens (tertiary/aromatic N) is 2. The summed E-state index contributed by atoms with van der Waals surface area (Å²) in [6.07, 6.45) is -1.63. The second kappa shape index (κ2) is 8.58. The van der Waals surface area contributed by atoms with Gasteiger partial charge in [0.1, 0.15) is 5.69 Å². The van der Waals surface area contributed by atoms with Crippen LogP contribution >= 0.6 is 0 Å². The Hall–Kier alpha value is -4.47. The lowest BCUT2D eigenvalue weighted by Crippen LogP contribution is -2.14. The number of pyridine rings is 1. The molecular weight excluding hydrogens is 439 g/mol. The molecule has 2 aromatic carbocycles. The Balaban J connectivity index is 1.81. The molecule has 0 saturated carbocycles. The number of carbonyl (C=O) groups is 2. The van der Waals surface area contributed by atoms with Gasteiger partial charge in [0.25, 0.3) is 5.91 Å². The van der Waals surface area contributed by atoms with E-state index < -0.39 is 23.6 Å². The minimum Gasteiger partial charge on any atom is -0.478 e. The van der Waals surface area contributed by atoms with Crippen molar-refractivity contribution in [3.8, 4) is 22.4 Å². The zero-order chi connectivity index (χ0) is 23.6. The van der Waals surface area contributed by atoms with E-state index in [1.165, 1.54) is 36.7 Å². The van der Waals surface area contributed by atoms with Gasteiger partial charge in [0.05, 0.1) is 16.7 Å². The number of hydrogen-bond acceptors (Lipinski definition) is 5. The van der Waals surface area contributed by atoms with Crippen molar-refractivity contribution in [2.24, 2.45) is 0 Å². The van der Waals surface area contributed by atoms with Crippen LogP contribution in [0.2, 0.25) is 0 Å². The summed E-state index contributed by atoms with van der Waals surface area (Å²) in [5, 5.41) is 16.0. The Labute approximate surface area is 184 Å². The first-order valence-electron chi connectivity index (χ1n) is 9.47. The van der Waals surface area contributed by atoms with Crippen molar-refractivity contribution < 1.29 is 32.4 Å². The monoisotopic (exact) mass is 453 g/mol. The number of aromatic carboxylic acids is 1. The Morgan fingerprint density at radius 2 is 1.70 bits per heavy atom. The number of halogens is 3. The number of aromatic nitrogens is 2. The van der Waals surface area contributed by atoms with E-state index in [0.29, 0.717) is 11.6 Å². The Bertz CT molecular complexity index is 1330. The maximum Gasteiger partial charge on any atom is 0.416 e. The highest BCUT2D eigenvalue weighted by Crippen LogP contribution is 2.39. The predicted molar refractivity (Wildman–Crippen MR) is 112 cm³/mol. The number of carboxylic acids is 1. The van der Waals surface area contributed by atoms with Crippen LogP contribution < -0.4 is 5.32 Å². The third-order valence-electron chi connectivity index (χ3n) is 4.75. The van der Waals surface area contributed by atoms with Gasteiger partial charge in [-0.25, -0.2) is 4.79 Å². The van der Waals surface area contributed by atoms with Gasteiger partial charge in [-0.1, -0.05) is 29.4 Å². The van der Waals surface area contributed by atoms with Crippen molar-refractivity contribution in [1.82, 2.24) is 10.1 Å². The highest BCUT2D eigenvalue weighted by molar-refractivity contribution is 6.08. The van der Waals surface area contributed by atoms with Crippen molar-refractivity contribution in [1.29, 1.82) is 0 Å². The lowest BCUT2D eigenvalue weighted by atomic mass is 9.96. The highest BCUT2D eigenvalue weighted by Gasteiger charge is 2.31. The Kier molecular flexibility index (Phi) is 5.65. The van der Waals surface area contributed by atoms with Crippen molar-refractivity contribution in [3.63, 3.8) is 0 Å². The smallest absolute Gasteiger partial charge is 0.416 e. The summed E-state index contributed by atoms with van der Waals surface area (Å²) in [6.45, 7) is 0. The molecule has 0 aliphatic carbocycles. The van der Waals surface area contributed by atoms with Gasteiger partial charge in [-0.15, -0.1) is 0 Å². The van der Waals surface area contributed by atoms with Crippen LogP contribution in [0.15, 0.2) is 77.6 Å². The van der Waals surface area contributed by atoms with Crippen LogP contribution in [-0.2, 0) is 6.18 Å². The zero-order valence-electron chi connectivity index (χ0n) is 16.6. The average molecular weight is 453 g/mol. The number of nitrogens with one attached hydrogen (secondary N) is 1. The third kappa shape index (κ3) is 4.45. The molecule has 7 nitrogen and oxygen atoms in total. The zero-order valence-corrected chi connectivity index (χ0v) is 16.6. The number of alkyl halides is 3. The molecule has 0 spiro atoms. The number of amides is 1. The summed E-state index contributed by atoms with van der Waals surface area (Å²) in [7, 11) is 0. The summed E-state index contributed by atoms with van der Waals surface area (Å²) in [5.41, 5.74) is -0.192. The van der Waals surface area contributed by atoms with Crippen LogP contribution in [0.3, 0.4) is 0 Å². The number of carbonyl (C=O) groups excluding carboxylic acids is 1. The minimum absolute atomic E-state index is 0.0782. The molecule has 0 aliphatic rings. The molecule has 0 radical (unpaired) electrons. The van der Waals surface area contributed by atoms with Gasteiger partial charge in [0.2, 0.25) is 5.88 Å². The first-order chi connectivity index (χ1) is 15.8. The van der Waals surface area contributed by atoms with Crippen molar-refractivity contribution in [2.75, 3.05) is 5.32 Å². The molecule has 10 heteroatoms. The number of hydrogen-bond donors (Lipinski definition) is 2. The van der Waals surface area contributed by atoms with E-state index in [4.69, 9.17) is 4.52 Å². The van der Waals surface area contributed by atoms with Gasteiger partial charge in [0.15, 0.2) is 0 Å². The van der Waals surface area contributed by atoms with Gasteiger partial charge < -0.3 is 9.63 Å². The van der Waals surface area contributed by atoms with E-state index in [0.717, 1.165) is 12.1 Å². The van der Waals surface area contributed by atoms with Crippen molar-refractivity contribution >= 4 is 17.8 Å². The summed E-state index contributed by atoms with van der Waals surface area (Å²) >= 11 is 0. The van der Waals surface area contributed by atoms with Crippen LogP contribution in [0.25, 0.3) is 22.4 Å². The molecular formula is C23H14F3N3O4. The maximum absolute atomic E-state index is 13.0. The van der Waals surface area contributed by atoms with Crippen LogP contribution in [0, 0.1) is 0 Å². The largest absolute Gasteiger partial charge is 0.478 e. The molecule has 0 atom stereocenters. The highest BCUT2D eigenvalue weighted by atomic mass is 19.4. The molecule has 2 aromatic heterocycles. The number of rotatable bonds is 5. The lowest BCUT2D eigenvalue weighted by molar-refractivity contribution is -0.137. The van der Waals surface area contributed by atoms with E-state index in [2.05, 4.69) is 15.5 Å². The van der Waals surface area contributed by atoms with E-state index in [9.17, 15) is 27.9 Å². The van der Waals surface area contributed by atoms with Gasteiger partial charge in [0, 0.05) is 29.1 Å². The quantitative estimate of drug-likeness (QED) is 0.421. The van der Waals surface area contributed by atoms with Crippen molar-refractivity contribution in [2.45, 2.75) is 6.18 Å². The Morgan fingerprint density at radius 1 is 0.970 bits per heavy atom. The molecule has 2 heterocycles. The van der Waals surface area contributed by atoms with E-state index in [1.54, 1.807) is 18.2 Å². The van der Waals surface area contributed by atoms with E-state index in [-0.39, 0.29) is 33.8 Å². The second-order valence-electron chi connectivity index (χ2n) is 6.85. The fraction of sp³-hybridized carbons (Fsp3) is 0.0435. The average Bonchev–Trinajstić information content (AvgIpc) is 3.22. The maximum atomic E-state index is 13.0. The second-order valence-corrected chi connectivity index (χ2v) is 6.85. The fourth-order valence-corrected chi connectivity index (χ4v) is 3.23. The topological polar surface area (TPSA) is 105 Å². The number of carboxylic acid groups (broad SMARTS) is 1. The van der Waals surface area contributed by atoms with Gasteiger partial charge in [-0.05, 0) is 36.4 Å². The van der Waals surface area contributed by atoms with Crippen LogP contribution in [-0.4, -0.2) is 27.1 Å². The summed E-state index contributed by atoms with van der Waals surface area (Å²) < 4.78 is 44.4. The predicted octanol–water partition coefficient (Wildman–Crippen LogP) is 5.37. The lowest BCUT2D eigenvalue weighted by Gasteiger charge is -2.10. The molecule has 1 amide bonds. The number of benzene rings is 2. The molecule has 0 fully saturated rings. The SMILES string of the molecule is O=C(Nc1onc(-c2ccncc2)c1-c1ccccc1C(=O)O)c1cccc(C(F)(F)F)c1. The van der Waals surface area contributed by atoms with E-state index >= 15 is 0 Å². The molecule has 0 aliphatic heterocycles. The number of anilines is 1. The summed E-state index contributed by atoms with van der Waals surface area (Å²) in [4.78, 5) is 28.5. The van der Waals surface area contributed by atoms with Crippen LogP contribution in [0.4, 0.5) is 19.1 Å². The van der Waals surface area contributed by atoms with Gasteiger partial charge >= 0.3 is 12.1 Å². The molecule has 33 heavy (non-hydrogen) atoms. The normalized spacial score (nSPS) is 11.2. The summed E-state index contributed by atoms with van der Waals surface area (Å²) in [5.74, 6) is -2.31. The van der Waals surface area contributed by atoms with Crippen molar-refractivity contribution in [3.05, 3.63) is 89.7 Å². The molecule has 4 aromatic rings. The standard InChI is InChI=1S/C23H14F3N3O4/c24-23(25,26)15-5-3-4-14(12-15)20(30)28-21-18(16-6-1-2-7-17(16)22(31)32)19(29-33-21)13-8-10-27-11-9-13/h1-12H,(H,28,30)(H,31,32). The first kappa shape index (κ1) is 21.8. The van der Waals surface area contributed by atoms with Crippen LogP contribution in [0.5, 0.6) is 0 Å². The molecule has 4 rings (SSSR count). The molecule has 166 valence electrons.